The van der Waals surface area contributed by atoms with E-state index in [1.807, 2.05) is 13.8 Å². The fourth-order valence-corrected chi connectivity index (χ4v) is 1.87. The van der Waals surface area contributed by atoms with Crippen molar-refractivity contribution in [2.75, 3.05) is 6.61 Å². The lowest BCUT2D eigenvalue weighted by Gasteiger charge is -2.30. The maximum atomic E-state index is 12.9. The molecule has 1 atom stereocenters. The summed E-state index contributed by atoms with van der Waals surface area (Å²) in [5, 5.41) is 3.32. The highest BCUT2D eigenvalue weighted by atomic mass is 19.1. The Bertz CT molecular complexity index is 429. The maximum absolute atomic E-state index is 12.9. The van der Waals surface area contributed by atoms with Gasteiger partial charge in [-0.1, -0.05) is 19.1 Å². The molecule has 0 aliphatic carbocycles. The zero-order chi connectivity index (χ0) is 15.2. The van der Waals surface area contributed by atoms with Gasteiger partial charge in [0.1, 0.15) is 11.9 Å². The molecule has 0 fully saturated rings. The van der Waals surface area contributed by atoms with Crippen LogP contribution in [0.25, 0.3) is 0 Å². The largest absolute Gasteiger partial charge is 0.465 e. The van der Waals surface area contributed by atoms with E-state index in [9.17, 15) is 9.18 Å². The summed E-state index contributed by atoms with van der Waals surface area (Å²) in [4.78, 5) is 12.0. The summed E-state index contributed by atoms with van der Waals surface area (Å²) in [5.74, 6) is -0.540. The molecule has 0 saturated heterocycles. The van der Waals surface area contributed by atoms with Crippen molar-refractivity contribution in [2.45, 2.75) is 52.1 Å². The predicted molar refractivity (Wildman–Crippen MR) is 78.0 cm³/mol. The lowest BCUT2D eigenvalue weighted by atomic mass is 9.97. The molecule has 112 valence electrons. The Morgan fingerprint density at radius 1 is 1.30 bits per heavy atom. The van der Waals surface area contributed by atoms with E-state index in [2.05, 4.69) is 12.2 Å². The number of rotatable bonds is 7. The number of hydrogen-bond donors (Lipinski definition) is 1. The Hall–Kier alpha value is -1.42. The van der Waals surface area contributed by atoms with Crippen LogP contribution in [0.4, 0.5) is 4.39 Å². The molecule has 1 N–H and O–H groups in total. The first-order chi connectivity index (χ1) is 9.38. The Balaban J connectivity index is 2.81. The second kappa shape index (κ2) is 7.39. The van der Waals surface area contributed by atoms with Crippen LogP contribution in [-0.4, -0.2) is 24.2 Å². The molecule has 1 rings (SSSR count). The summed E-state index contributed by atoms with van der Waals surface area (Å²) >= 11 is 0. The van der Waals surface area contributed by atoms with Crippen molar-refractivity contribution in [3.63, 3.8) is 0 Å². The van der Waals surface area contributed by atoms with Crippen LogP contribution in [0, 0.1) is 5.82 Å². The molecular weight excluding hydrogens is 257 g/mol. The van der Waals surface area contributed by atoms with Crippen LogP contribution < -0.4 is 5.32 Å². The molecule has 3 nitrogen and oxygen atoms in total. The second-order valence-corrected chi connectivity index (χ2v) is 5.52. The number of benzene rings is 1. The van der Waals surface area contributed by atoms with Gasteiger partial charge in [0, 0.05) is 5.54 Å². The van der Waals surface area contributed by atoms with Crippen molar-refractivity contribution in [3.8, 4) is 0 Å². The Morgan fingerprint density at radius 3 is 2.40 bits per heavy atom. The van der Waals surface area contributed by atoms with Crippen molar-refractivity contribution in [2.24, 2.45) is 0 Å². The number of ether oxygens (including phenoxy) is 1. The zero-order valence-corrected chi connectivity index (χ0v) is 12.7. The monoisotopic (exact) mass is 281 g/mol. The number of nitrogens with one attached hydrogen (secondary N) is 1. The van der Waals surface area contributed by atoms with Crippen LogP contribution in [-0.2, 0) is 16.0 Å². The van der Waals surface area contributed by atoms with E-state index >= 15 is 0 Å². The SMILES string of the molecule is CCOC(=O)C(Cc1ccc(F)cc1)NC(C)(C)CC. The minimum Gasteiger partial charge on any atom is -0.465 e. The summed E-state index contributed by atoms with van der Waals surface area (Å²) in [7, 11) is 0. The van der Waals surface area contributed by atoms with E-state index in [0.717, 1.165) is 12.0 Å². The third kappa shape index (κ3) is 5.29. The molecule has 0 bridgehead atoms. The standard InChI is InChI=1S/C16H24FNO2/c1-5-16(3,4)18-14(15(19)20-6-2)11-12-7-9-13(17)10-8-12/h7-10,14,18H,5-6,11H2,1-4H3. The zero-order valence-electron chi connectivity index (χ0n) is 12.7. The highest BCUT2D eigenvalue weighted by Crippen LogP contribution is 2.13. The van der Waals surface area contributed by atoms with Gasteiger partial charge in [-0.05, 0) is 51.3 Å². The normalized spacial score (nSPS) is 13.1. The van der Waals surface area contributed by atoms with Gasteiger partial charge in [0.05, 0.1) is 6.61 Å². The minimum atomic E-state index is -0.421. The molecule has 20 heavy (non-hydrogen) atoms. The summed E-state index contributed by atoms with van der Waals surface area (Å²) in [5.41, 5.74) is 0.751. The van der Waals surface area contributed by atoms with Crippen molar-refractivity contribution in [1.82, 2.24) is 5.32 Å². The molecule has 0 aliphatic rings. The third-order valence-corrected chi connectivity index (χ3v) is 3.37. The van der Waals surface area contributed by atoms with Gasteiger partial charge in [0.25, 0.3) is 0 Å². The molecule has 4 heteroatoms. The van der Waals surface area contributed by atoms with Crippen LogP contribution in [0.1, 0.15) is 39.7 Å². The lowest BCUT2D eigenvalue weighted by Crippen LogP contribution is -2.50. The first-order valence-corrected chi connectivity index (χ1v) is 7.06. The van der Waals surface area contributed by atoms with Gasteiger partial charge in [-0.25, -0.2) is 4.39 Å². The van der Waals surface area contributed by atoms with E-state index in [-0.39, 0.29) is 17.3 Å². The van der Waals surface area contributed by atoms with Gasteiger partial charge >= 0.3 is 5.97 Å². The fourth-order valence-electron chi connectivity index (χ4n) is 1.87. The minimum absolute atomic E-state index is 0.155. The van der Waals surface area contributed by atoms with E-state index in [0.29, 0.717) is 13.0 Å². The van der Waals surface area contributed by atoms with E-state index in [4.69, 9.17) is 4.74 Å². The quantitative estimate of drug-likeness (QED) is 0.781. The van der Waals surface area contributed by atoms with Crippen LogP contribution >= 0.6 is 0 Å². The Kier molecular flexibility index (Phi) is 6.14. The molecule has 1 unspecified atom stereocenters. The topological polar surface area (TPSA) is 38.3 Å². The molecule has 1 aromatic rings. The molecule has 0 heterocycles. The van der Waals surface area contributed by atoms with E-state index in [1.165, 1.54) is 12.1 Å². The van der Waals surface area contributed by atoms with Crippen molar-refractivity contribution in [3.05, 3.63) is 35.6 Å². The van der Waals surface area contributed by atoms with Crippen molar-refractivity contribution in [1.29, 1.82) is 0 Å². The summed E-state index contributed by atoms with van der Waals surface area (Å²) in [6, 6.07) is 5.78. The van der Waals surface area contributed by atoms with E-state index in [1.54, 1.807) is 19.1 Å². The first kappa shape index (κ1) is 16.6. The van der Waals surface area contributed by atoms with Gasteiger partial charge in [-0.2, -0.15) is 0 Å². The molecule has 0 amide bonds. The maximum Gasteiger partial charge on any atom is 0.323 e. The molecule has 0 radical (unpaired) electrons. The van der Waals surface area contributed by atoms with Gasteiger partial charge in [0.15, 0.2) is 0 Å². The number of hydrogen-bond acceptors (Lipinski definition) is 3. The molecule has 1 aromatic carbocycles. The summed E-state index contributed by atoms with van der Waals surface area (Å²) in [6.07, 6.45) is 1.38. The van der Waals surface area contributed by atoms with Crippen LogP contribution in [0.2, 0.25) is 0 Å². The van der Waals surface area contributed by atoms with Crippen LogP contribution in [0.15, 0.2) is 24.3 Å². The fraction of sp³-hybridized carbons (Fsp3) is 0.562. The molecule has 0 spiro atoms. The average molecular weight is 281 g/mol. The van der Waals surface area contributed by atoms with Gasteiger partial charge in [0.2, 0.25) is 0 Å². The molecule has 0 saturated carbocycles. The third-order valence-electron chi connectivity index (χ3n) is 3.37. The predicted octanol–water partition coefficient (Wildman–Crippen LogP) is 3.08. The summed E-state index contributed by atoms with van der Waals surface area (Å²) in [6.45, 7) is 8.30. The molecule has 0 aliphatic heterocycles. The first-order valence-electron chi connectivity index (χ1n) is 7.06. The highest BCUT2D eigenvalue weighted by molar-refractivity contribution is 5.76. The average Bonchev–Trinajstić information content (AvgIpc) is 2.40. The van der Waals surface area contributed by atoms with Crippen molar-refractivity contribution < 1.29 is 13.9 Å². The number of esters is 1. The second-order valence-electron chi connectivity index (χ2n) is 5.52. The summed E-state index contributed by atoms with van der Waals surface area (Å²) < 4.78 is 18.0. The Morgan fingerprint density at radius 2 is 1.90 bits per heavy atom. The van der Waals surface area contributed by atoms with Crippen LogP contribution in [0.3, 0.4) is 0 Å². The molecule has 0 aromatic heterocycles. The van der Waals surface area contributed by atoms with Crippen LogP contribution in [0.5, 0.6) is 0 Å². The number of carbonyl (C=O) groups excluding carboxylic acids is 1. The highest BCUT2D eigenvalue weighted by Gasteiger charge is 2.26. The van der Waals surface area contributed by atoms with Crippen molar-refractivity contribution >= 4 is 5.97 Å². The lowest BCUT2D eigenvalue weighted by molar-refractivity contribution is -0.146. The van der Waals surface area contributed by atoms with Gasteiger partial charge in [-0.3, -0.25) is 10.1 Å². The number of carbonyl (C=O) groups is 1. The van der Waals surface area contributed by atoms with Gasteiger partial charge < -0.3 is 4.74 Å². The molecular formula is C16H24FNO2. The number of halogens is 1. The van der Waals surface area contributed by atoms with E-state index < -0.39 is 6.04 Å². The van der Waals surface area contributed by atoms with Gasteiger partial charge in [-0.15, -0.1) is 0 Å². The smallest absolute Gasteiger partial charge is 0.323 e. The Labute approximate surface area is 120 Å².